The van der Waals surface area contributed by atoms with Gasteiger partial charge in [-0.1, -0.05) is 0 Å². The highest BCUT2D eigenvalue weighted by atomic mass is 16.5. The highest BCUT2D eigenvalue weighted by Gasteiger charge is 2.57. The molecule has 0 radical (unpaired) electrons. The van der Waals surface area contributed by atoms with Crippen LogP contribution in [0, 0.1) is 18.8 Å². The lowest BCUT2D eigenvalue weighted by atomic mass is 9.51. The highest BCUT2D eigenvalue weighted by molar-refractivity contribution is 5.85. The SMILES string of the molecule is COc1cc(C)c2c(c1)[C@@]13CCCC(=O)[C@H]1[C@@H](C2)N(CC1CC1)CC3. The molecule has 1 aromatic rings. The number of ether oxygens (including phenoxy) is 1. The summed E-state index contributed by atoms with van der Waals surface area (Å²) in [5, 5.41) is 0. The Balaban J connectivity index is 1.64. The summed E-state index contributed by atoms with van der Waals surface area (Å²) in [6.07, 6.45) is 8.00. The number of benzene rings is 1. The Kier molecular flexibility index (Phi) is 3.54. The number of hydrogen-bond donors (Lipinski definition) is 0. The van der Waals surface area contributed by atoms with Crippen LogP contribution < -0.4 is 4.74 Å². The Bertz CT molecular complexity index is 723. The van der Waals surface area contributed by atoms with Crippen LogP contribution in [-0.4, -0.2) is 36.9 Å². The molecular formula is C22H29NO2. The van der Waals surface area contributed by atoms with E-state index in [9.17, 15) is 4.79 Å². The van der Waals surface area contributed by atoms with Gasteiger partial charge in [0.15, 0.2) is 0 Å². The number of rotatable bonds is 3. The molecule has 0 amide bonds. The third-order valence-electron chi connectivity index (χ3n) is 7.51. The molecule has 134 valence electrons. The molecule has 3 atom stereocenters. The molecule has 0 N–H and O–H groups in total. The summed E-state index contributed by atoms with van der Waals surface area (Å²) in [6, 6.07) is 4.88. The molecule has 2 saturated carbocycles. The largest absolute Gasteiger partial charge is 0.497 e. The molecule has 1 aliphatic heterocycles. The zero-order valence-electron chi connectivity index (χ0n) is 15.5. The molecule has 0 unspecified atom stereocenters. The predicted octanol–water partition coefficient (Wildman–Crippen LogP) is 3.65. The van der Waals surface area contributed by atoms with Gasteiger partial charge >= 0.3 is 0 Å². The number of nitrogens with zero attached hydrogens (tertiary/aromatic N) is 1. The van der Waals surface area contributed by atoms with Crippen LogP contribution in [0.25, 0.3) is 0 Å². The van der Waals surface area contributed by atoms with Gasteiger partial charge in [-0.15, -0.1) is 0 Å². The molecule has 5 rings (SSSR count). The maximum absolute atomic E-state index is 13.1. The number of carbonyl (C=O) groups is 1. The van der Waals surface area contributed by atoms with E-state index in [1.165, 1.54) is 49.0 Å². The number of hydrogen-bond acceptors (Lipinski definition) is 3. The van der Waals surface area contributed by atoms with Crippen molar-refractivity contribution in [1.29, 1.82) is 0 Å². The smallest absolute Gasteiger partial charge is 0.138 e. The topological polar surface area (TPSA) is 29.5 Å². The number of ketones is 1. The fourth-order valence-corrected chi connectivity index (χ4v) is 6.15. The highest BCUT2D eigenvalue weighted by Crippen LogP contribution is 2.56. The van der Waals surface area contributed by atoms with Crippen molar-refractivity contribution in [2.45, 2.75) is 63.3 Å². The third-order valence-corrected chi connectivity index (χ3v) is 7.51. The fraction of sp³-hybridized carbons (Fsp3) is 0.682. The number of piperidine rings is 1. The summed E-state index contributed by atoms with van der Waals surface area (Å²) in [5.74, 6) is 2.60. The Morgan fingerprint density at radius 2 is 2.12 bits per heavy atom. The van der Waals surface area contributed by atoms with Gasteiger partial charge in [0.25, 0.3) is 0 Å². The standard InChI is InChI=1S/C22H29NO2/c1-14-10-16(25-2)11-18-17(14)12-19-21-20(24)4-3-7-22(18,21)8-9-23(19)13-15-5-6-15/h10-11,15,19,21H,3-9,12-13H2,1-2H3/t19-,21-,22+/m1/s1. The lowest BCUT2D eigenvalue weighted by Crippen LogP contribution is -2.63. The minimum atomic E-state index is 0.0763. The first kappa shape index (κ1) is 15.9. The van der Waals surface area contributed by atoms with E-state index in [-0.39, 0.29) is 11.3 Å². The van der Waals surface area contributed by atoms with Crippen LogP contribution in [0.2, 0.25) is 0 Å². The van der Waals surface area contributed by atoms with Gasteiger partial charge < -0.3 is 4.74 Å². The van der Waals surface area contributed by atoms with Crippen LogP contribution in [0.3, 0.4) is 0 Å². The minimum Gasteiger partial charge on any atom is -0.497 e. The van der Waals surface area contributed by atoms with Crippen molar-refractivity contribution in [2.24, 2.45) is 11.8 Å². The van der Waals surface area contributed by atoms with Crippen LogP contribution in [0.5, 0.6) is 5.75 Å². The molecular weight excluding hydrogens is 310 g/mol. The van der Waals surface area contributed by atoms with Gasteiger partial charge in [0.1, 0.15) is 11.5 Å². The molecule has 3 heteroatoms. The Labute approximate surface area is 150 Å². The summed E-state index contributed by atoms with van der Waals surface area (Å²) in [7, 11) is 1.76. The van der Waals surface area contributed by atoms with E-state index in [0.717, 1.165) is 37.4 Å². The van der Waals surface area contributed by atoms with Gasteiger partial charge in [-0.3, -0.25) is 9.69 Å². The minimum absolute atomic E-state index is 0.0763. The van der Waals surface area contributed by atoms with E-state index in [1.54, 1.807) is 7.11 Å². The second kappa shape index (κ2) is 5.57. The molecule has 0 spiro atoms. The van der Waals surface area contributed by atoms with Crippen molar-refractivity contribution in [3.05, 3.63) is 28.8 Å². The van der Waals surface area contributed by atoms with Crippen LogP contribution in [-0.2, 0) is 16.6 Å². The monoisotopic (exact) mass is 339 g/mol. The molecule has 1 aromatic carbocycles. The summed E-state index contributed by atoms with van der Waals surface area (Å²) in [5.41, 5.74) is 4.39. The van der Waals surface area contributed by atoms with E-state index in [1.807, 2.05) is 0 Å². The van der Waals surface area contributed by atoms with E-state index in [4.69, 9.17) is 4.74 Å². The Morgan fingerprint density at radius 1 is 1.28 bits per heavy atom. The van der Waals surface area contributed by atoms with Crippen molar-refractivity contribution in [2.75, 3.05) is 20.2 Å². The van der Waals surface area contributed by atoms with E-state index in [0.29, 0.717) is 11.8 Å². The number of aryl methyl sites for hydroxylation is 1. The quantitative estimate of drug-likeness (QED) is 0.842. The Hall–Kier alpha value is -1.35. The molecule has 4 aliphatic rings. The first-order chi connectivity index (χ1) is 12.1. The maximum atomic E-state index is 13.1. The van der Waals surface area contributed by atoms with Crippen molar-refractivity contribution in [3.8, 4) is 5.75 Å². The number of carbonyl (C=O) groups excluding carboxylic acids is 1. The lowest BCUT2D eigenvalue weighted by Gasteiger charge is -2.58. The van der Waals surface area contributed by atoms with Crippen molar-refractivity contribution >= 4 is 5.78 Å². The average Bonchev–Trinajstić information content (AvgIpc) is 3.42. The predicted molar refractivity (Wildman–Crippen MR) is 98.2 cm³/mol. The van der Waals surface area contributed by atoms with Crippen LogP contribution in [0.15, 0.2) is 12.1 Å². The van der Waals surface area contributed by atoms with E-state index in [2.05, 4.69) is 24.0 Å². The maximum Gasteiger partial charge on any atom is 0.138 e. The third kappa shape index (κ3) is 2.31. The van der Waals surface area contributed by atoms with Gasteiger partial charge in [0.05, 0.1) is 7.11 Å². The summed E-state index contributed by atoms with van der Waals surface area (Å²) in [6.45, 7) is 4.61. The number of fused-ring (bicyclic) bond motifs is 1. The van der Waals surface area contributed by atoms with Gasteiger partial charge in [-0.2, -0.15) is 0 Å². The molecule has 0 aromatic heterocycles. The van der Waals surface area contributed by atoms with Crippen molar-refractivity contribution < 1.29 is 9.53 Å². The normalized spacial score (nSPS) is 34.4. The molecule has 3 nitrogen and oxygen atoms in total. The molecule has 1 saturated heterocycles. The molecule has 3 fully saturated rings. The van der Waals surface area contributed by atoms with Gasteiger partial charge in [-0.05, 0) is 86.7 Å². The second-order valence-corrected chi connectivity index (χ2v) is 8.88. The number of Topliss-reactive ketones (excluding diaryl/α,β-unsaturated/α-hetero) is 1. The lowest BCUT2D eigenvalue weighted by molar-refractivity contribution is -0.136. The zero-order valence-corrected chi connectivity index (χ0v) is 15.5. The zero-order chi connectivity index (χ0) is 17.2. The second-order valence-electron chi connectivity index (χ2n) is 8.88. The first-order valence-electron chi connectivity index (χ1n) is 10.1. The molecule has 2 bridgehead atoms. The summed E-state index contributed by atoms with van der Waals surface area (Å²) in [4.78, 5) is 15.8. The number of methoxy groups -OCH3 is 1. The average molecular weight is 339 g/mol. The Morgan fingerprint density at radius 3 is 2.88 bits per heavy atom. The fourth-order valence-electron chi connectivity index (χ4n) is 6.15. The van der Waals surface area contributed by atoms with Crippen molar-refractivity contribution in [1.82, 2.24) is 4.90 Å². The van der Waals surface area contributed by atoms with Gasteiger partial charge in [-0.25, -0.2) is 0 Å². The summed E-state index contributed by atoms with van der Waals surface area (Å²) >= 11 is 0. The van der Waals surface area contributed by atoms with E-state index < -0.39 is 0 Å². The van der Waals surface area contributed by atoms with Gasteiger partial charge in [0, 0.05) is 30.3 Å². The van der Waals surface area contributed by atoms with Gasteiger partial charge in [0.2, 0.25) is 0 Å². The van der Waals surface area contributed by atoms with Crippen molar-refractivity contribution in [3.63, 3.8) is 0 Å². The van der Waals surface area contributed by atoms with Crippen LogP contribution in [0.1, 0.15) is 55.2 Å². The molecule has 3 aliphatic carbocycles. The number of likely N-dealkylation sites (tertiary alicyclic amines) is 1. The molecule has 25 heavy (non-hydrogen) atoms. The first-order valence-corrected chi connectivity index (χ1v) is 10.1. The van der Waals surface area contributed by atoms with Crippen LogP contribution in [0.4, 0.5) is 0 Å². The molecule has 1 heterocycles. The van der Waals surface area contributed by atoms with E-state index >= 15 is 0 Å². The van der Waals surface area contributed by atoms with Crippen LogP contribution >= 0.6 is 0 Å². The summed E-state index contributed by atoms with van der Waals surface area (Å²) < 4.78 is 5.59.